The number of aryl methyl sites for hydroxylation is 2. The Hall–Kier alpha value is -5.65. The van der Waals surface area contributed by atoms with Crippen molar-refractivity contribution in [1.82, 2.24) is 0 Å². The summed E-state index contributed by atoms with van der Waals surface area (Å²) in [6.07, 6.45) is 4.42. The van der Waals surface area contributed by atoms with E-state index >= 15 is 0 Å². The molecule has 0 aliphatic carbocycles. The zero-order chi connectivity index (χ0) is 51.2. The molecule has 7 heterocycles. The molecule has 9 aromatic rings. The second-order valence-electron chi connectivity index (χ2n) is 24.1. The van der Waals surface area contributed by atoms with Crippen LogP contribution in [0.15, 0.2) is 109 Å². The zero-order valence-electron chi connectivity index (χ0n) is 44.4. The predicted octanol–water partition coefficient (Wildman–Crippen LogP) is 12.0. The van der Waals surface area contributed by atoms with Crippen molar-refractivity contribution in [2.24, 2.45) is 0 Å². The van der Waals surface area contributed by atoms with Crippen LogP contribution in [0.25, 0.3) is 20.2 Å². The van der Waals surface area contributed by atoms with Gasteiger partial charge in [-0.2, -0.15) is 0 Å². The Balaban J connectivity index is 1.05. The fraction of sp³-hybridized carbons (Fsp3) is 0.258. The average molecular weight is 1040 g/mol. The first-order chi connectivity index (χ1) is 35.3. The molecule has 5 aliphatic heterocycles. The Morgan fingerprint density at radius 1 is 0.419 bits per heavy atom. The minimum Gasteiger partial charge on any atom is -0.458 e. The monoisotopic (exact) mass is 1040 g/mol. The fourth-order valence-corrected chi connectivity index (χ4v) is 16.5. The molecular weight excluding hydrogens is 981 g/mol. The van der Waals surface area contributed by atoms with E-state index in [-0.39, 0.29) is 36.4 Å². The van der Waals surface area contributed by atoms with Crippen LogP contribution in [0.2, 0.25) is 0 Å². The second-order valence-corrected chi connectivity index (χ2v) is 27.8. The number of nitrogens with zero attached hydrogens (tertiary/aromatic N) is 2. The maximum absolute atomic E-state index is 7.46. The molecule has 0 unspecified atom stereocenters. The lowest BCUT2D eigenvalue weighted by Gasteiger charge is -2.43. The molecule has 0 saturated heterocycles. The second kappa shape index (κ2) is 16.0. The van der Waals surface area contributed by atoms with Crippen molar-refractivity contribution in [3.8, 4) is 34.5 Å². The molecule has 0 fully saturated rings. The molecule has 0 N–H and O–H groups in total. The number of ether oxygens (including phenoxy) is 3. The quantitative estimate of drug-likeness (QED) is 0.129. The Bertz CT molecular complexity index is 3950. The Morgan fingerprint density at radius 2 is 0.865 bits per heavy atom. The molecule has 0 spiro atoms. The first-order valence-electron chi connectivity index (χ1n) is 25.9. The van der Waals surface area contributed by atoms with E-state index < -0.39 is 0 Å². The maximum atomic E-state index is 7.46. The van der Waals surface area contributed by atoms with Crippen molar-refractivity contribution in [1.29, 1.82) is 0 Å². The largest absolute Gasteiger partial charge is 0.458 e. The van der Waals surface area contributed by atoms with Crippen LogP contribution in [0.5, 0.6) is 34.5 Å². The van der Waals surface area contributed by atoms with Gasteiger partial charge in [0.2, 0.25) is 0 Å². The highest BCUT2D eigenvalue weighted by Crippen LogP contribution is 2.48. The molecule has 0 atom stereocenters. The summed E-state index contributed by atoms with van der Waals surface area (Å²) in [5, 5.41) is 2.35. The van der Waals surface area contributed by atoms with Gasteiger partial charge in [-0.05, 0) is 164 Å². The van der Waals surface area contributed by atoms with Gasteiger partial charge in [0.15, 0.2) is 0 Å². The summed E-state index contributed by atoms with van der Waals surface area (Å²) in [7, 11) is 0. The van der Waals surface area contributed by atoms with Crippen LogP contribution in [0.1, 0.15) is 90.1 Å². The SMILES string of the molecule is CSN1c2cc(C)c(B3c4sc5ccccc5c4Oc4cc(C(C)(C)C)cc(C)c43)cc2B2c3cc4c(cc3Oc3cc(C(C)(C)C)cc1c32)N(SC)c1cc(C(C)(C)C)cc2c1B4c1sc3ccccc3c1O2. The van der Waals surface area contributed by atoms with Gasteiger partial charge in [0.25, 0.3) is 20.1 Å². The average Bonchev–Trinajstić information content (AvgIpc) is 3.94. The summed E-state index contributed by atoms with van der Waals surface area (Å²) >= 11 is 7.29. The van der Waals surface area contributed by atoms with Gasteiger partial charge in [-0.25, -0.2) is 0 Å². The molecule has 12 heteroatoms. The standard InChI is InChI=1S/C62H57B3N2O3S4/c1-32-23-43-40(29-39(32)64-53-33(2)22-34(60(3,4)5)26-48(53)69-56-37-18-14-16-20-51(37)73-58(56)64)63-42-30-41-44(31-47(42)68-49-27-35(61(6,7)8)24-45(54(49)63)66(43)71-12)67(72-13)46-25-36(62(9,10)11)28-50-55(46)65(41)59-57(70-50)38-19-15-17-21-52(38)74-59/h14-31H,1-13H3. The normalized spacial score (nSPS) is 14.9. The van der Waals surface area contributed by atoms with Crippen molar-refractivity contribution in [2.75, 3.05) is 21.1 Å². The van der Waals surface area contributed by atoms with Crippen molar-refractivity contribution in [2.45, 2.75) is 92.4 Å². The lowest BCUT2D eigenvalue weighted by molar-refractivity contribution is 0.483. The summed E-state index contributed by atoms with van der Waals surface area (Å²) in [6, 6.07) is 41.8. The van der Waals surface area contributed by atoms with Gasteiger partial charge in [0, 0.05) is 54.0 Å². The van der Waals surface area contributed by atoms with Gasteiger partial charge in [-0.3, -0.25) is 8.61 Å². The highest BCUT2D eigenvalue weighted by Gasteiger charge is 2.49. The van der Waals surface area contributed by atoms with E-state index in [2.05, 4.69) is 206 Å². The molecule has 0 saturated carbocycles. The summed E-state index contributed by atoms with van der Waals surface area (Å²) in [6.45, 7) is 25.2. The molecule has 0 bridgehead atoms. The molecule has 366 valence electrons. The Labute approximate surface area is 453 Å². The molecule has 0 radical (unpaired) electrons. The number of hydrogen-bond acceptors (Lipinski definition) is 9. The highest BCUT2D eigenvalue weighted by molar-refractivity contribution is 8.00. The lowest BCUT2D eigenvalue weighted by Crippen LogP contribution is -2.64. The van der Waals surface area contributed by atoms with Gasteiger partial charge < -0.3 is 14.2 Å². The van der Waals surface area contributed by atoms with Crippen LogP contribution in [-0.2, 0) is 16.2 Å². The topological polar surface area (TPSA) is 34.2 Å². The molecule has 74 heavy (non-hydrogen) atoms. The van der Waals surface area contributed by atoms with Crippen molar-refractivity contribution in [3.05, 3.63) is 137 Å². The molecule has 2 aromatic heterocycles. The van der Waals surface area contributed by atoms with Crippen molar-refractivity contribution >= 4 is 157 Å². The zero-order valence-corrected chi connectivity index (χ0v) is 47.6. The van der Waals surface area contributed by atoms with Crippen LogP contribution in [0, 0.1) is 13.8 Å². The number of benzene rings is 7. The van der Waals surface area contributed by atoms with E-state index in [0.29, 0.717) is 0 Å². The summed E-state index contributed by atoms with van der Waals surface area (Å²) in [5.74, 6) is 5.75. The summed E-state index contributed by atoms with van der Waals surface area (Å²) < 4.78 is 31.7. The minimum atomic E-state index is -0.111. The lowest BCUT2D eigenvalue weighted by atomic mass is 9.31. The van der Waals surface area contributed by atoms with Crippen molar-refractivity contribution in [3.63, 3.8) is 0 Å². The third-order valence-electron chi connectivity index (χ3n) is 16.4. The van der Waals surface area contributed by atoms with E-state index in [1.165, 1.54) is 119 Å². The highest BCUT2D eigenvalue weighted by atomic mass is 32.2. The summed E-state index contributed by atoms with van der Waals surface area (Å²) in [4.78, 5) is 0. The van der Waals surface area contributed by atoms with Crippen LogP contribution in [0.4, 0.5) is 22.7 Å². The molecule has 5 nitrogen and oxygen atoms in total. The molecular formula is C62H57B3N2O3S4. The Morgan fingerprint density at radius 3 is 1.41 bits per heavy atom. The van der Waals surface area contributed by atoms with Gasteiger partial charge >= 0.3 is 0 Å². The van der Waals surface area contributed by atoms with E-state index in [1.54, 1.807) is 23.9 Å². The molecule has 5 aliphatic rings. The van der Waals surface area contributed by atoms with Gasteiger partial charge in [0.05, 0.1) is 17.1 Å². The number of anilines is 4. The fourth-order valence-electron chi connectivity index (χ4n) is 12.6. The molecule has 7 aromatic carbocycles. The number of thiophene rings is 2. The van der Waals surface area contributed by atoms with E-state index in [9.17, 15) is 0 Å². The molecule has 0 amide bonds. The van der Waals surface area contributed by atoms with Crippen molar-refractivity contribution < 1.29 is 14.2 Å². The third kappa shape index (κ3) is 6.66. The number of fused-ring (bicyclic) bond motifs is 14. The van der Waals surface area contributed by atoms with Crippen LogP contribution in [-0.4, -0.2) is 32.6 Å². The van der Waals surface area contributed by atoms with Crippen LogP contribution in [0.3, 0.4) is 0 Å². The molecule has 14 rings (SSSR count). The third-order valence-corrected chi connectivity index (χ3v) is 20.4. The van der Waals surface area contributed by atoms with E-state index in [1.807, 2.05) is 22.7 Å². The first-order valence-corrected chi connectivity index (χ1v) is 29.9. The Kier molecular flexibility index (Phi) is 10.1. The van der Waals surface area contributed by atoms with E-state index in [4.69, 9.17) is 14.2 Å². The predicted molar refractivity (Wildman–Crippen MR) is 327 cm³/mol. The van der Waals surface area contributed by atoms with Crippen LogP contribution < -0.4 is 70.6 Å². The maximum Gasteiger partial charge on any atom is 0.268 e. The van der Waals surface area contributed by atoms with Gasteiger partial charge in [-0.1, -0.05) is 121 Å². The summed E-state index contributed by atoms with van der Waals surface area (Å²) in [5.41, 5.74) is 19.7. The van der Waals surface area contributed by atoms with E-state index in [0.717, 1.165) is 34.5 Å². The van der Waals surface area contributed by atoms with Gasteiger partial charge in [-0.15, -0.1) is 22.7 Å². The first kappa shape index (κ1) is 46.9. The minimum absolute atomic E-state index is 0.0307. The number of hydrogen-bond donors (Lipinski definition) is 0. The van der Waals surface area contributed by atoms with Crippen LogP contribution >= 0.6 is 46.6 Å². The number of rotatable bonds is 3. The smallest absolute Gasteiger partial charge is 0.268 e. The van der Waals surface area contributed by atoms with Gasteiger partial charge in [0.1, 0.15) is 34.5 Å².